The van der Waals surface area contributed by atoms with E-state index in [1.807, 2.05) is 30.0 Å². The molecule has 0 bridgehead atoms. The van der Waals surface area contributed by atoms with Crippen LogP contribution in [-0.4, -0.2) is 23.6 Å². The summed E-state index contributed by atoms with van der Waals surface area (Å²) in [5.41, 5.74) is 1.00. The van der Waals surface area contributed by atoms with E-state index in [0.29, 0.717) is 5.25 Å². The number of nitrogens with zero attached hydrogens (tertiary/aromatic N) is 1. The van der Waals surface area contributed by atoms with Crippen LogP contribution >= 0.6 is 23.4 Å². The van der Waals surface area contributed by atoms with E-state index in [1.54, 1.807) is 4.90 Å². The molecule has 1 amide bonds. The molecule has 0 aromatic heterocycles. The van der Waals surface area contributed by atoms with Crippen molar-refractivity contribution in [2.75, 3.05) is 17.3 Å². The van der Waals surface area contributed by atoms with Crippen LogP contribution in [-0.2, 0) is 4.79 Å². The molecule has 1 heterocycles. The lowest BCUT2D eigenvalue weighted by Crippen LogP contribution is -2.33. The van der Waals surface area contributed by atoms with Crippen molar-refractivity contribution in [3.8, 4) is 0 Å². The van der Waals surface area contributed by atoms with Gasteiger partial charge in [-0.1, -0.05) is 19.1 Å². The Labute approximate surface area is 105 Å². The van der Waals surface area contributed by atoms with Crippen LogP contribution in [0.4, 0.5) is 5.69 Å². The van der Waals surface area contributed by atoms with Gasteiger partial charge in [0.2, 0.25) is 5.91 Å². The summed E-state index contributed by atoms with van der Waals surface area (Å²) in [6, 6.07) is 8.03. The Morgan fingerprint density at radius 2 is 2.31 bits per heavy atom. The number of thioether (sulfide) groups is 1. The van der Waals surface area contributed by atoms with Crippen LogP contribution in [0, 0.1) is 0 Å². The van der Waals surface area contributed by atoms with Gasteiger partial charge in [0.15, 0.2) is 0 Å². The summed E-state index contributed by atoms with van der Waals surface area (Å²) in [7, 11) is 0. The summed E-state index contributed by atoms with van der Waals surface area (Å²) in [5, 5.41) is 0.536. The molecule has 1 aromatic carbocycles. The third-order valence-corrected chi connectivity index (χ3v) is 4.12. The predicted molar refractivity (Wildman–Crippen MR) is 69.5 cm³/mol. The van der Waals surface area contributed by atoms with E-state index in [0.717, 1.165) is 18.7 Å². The molecule has 0 radical (unpaired) electrons. The number of hydrogen-bond donors (Lipinski definition) is 0. The first-order valence-electron chi connectivity index (χ1n) is 5.34. The number of carbonyl (C=O) groups is 1. The number of carbonyl (C=O) groups excluding carboxylic acids is 1. The minimum Gasteiger partial charge on any atom is -0.310 e. The zero-order valence-electron chi connectivity index (χ0n) is 9.15. The molecule has 1 aromatic rings. The molecule has 0 fully saturated rings. The van der Waals surface area contributed by atoms with Gasteiger partial charge in [-0.15, -0.1) is 23.4 Å². The molecule has 0 saturated heterocycles. The van der Waals surface area contributed by atoms with Crippen molar-refractivity contribution in [3.63, 3.8) is 0 Å². The number of benzene rings is 1. The molecular weight excluding hydrogens is 242 g/mol. The van der Waals surface area contributed by atoms with Crippen LogP contribution in [0.5, 0.6) is 0 Å². The lowest BCUT2D eigenvalue weighted by molar-refractivity contribution is -0.116. The van der Waals surface area contributed by atoms with Gasteiger partial charge in [0.1, 0.15) is 5.88 Å². The Balaban J connectivity index is 2.38. The normalized spacial score (nSPS) is 20.1. The lowest BCUT2D eigenvalue weighted by atomic mass is 10.2. The van der Waals surface area contributed by atoms with Crippen LogP contribution in [0.15, 0.2) is 29.2 Å². The Morgan fingerprint density at radius 1 is 1.56 bits per heavy atom. The number of fused-ring (bicyclic) bond motifs is 1. The van der Waals surface area contributed by atoms with Crippen LogP contribution in [0.1, 0.15) is 13.3 Å². The number of hydrogen-bond acceptors (Lipinski definition) is 2. The predicted octanol–water partition coefficient (Wildman–Crippen LogP) is 3.14. The lowest BCUT2D eigenvalue weighted by Gasteiger charge is -2.21. The van der Waals surface area contributed by atoms with Crippen molar-refractivity contribution < 1.29 is 4.79 Å². The van der Waals surface area contributed by atoms with E-state index in [1.165, 1.54) is 4.90 Å². The molecule has 16 heavy (non-hydrogen) atoms. The molecule has 1 aliphatic rings. The Morgan fingerprint density at radius 3 is 3.06 bits per heavy atom. The summed E-state index contributed by atoms with van der Waals surface area (Å²) >= 11 is 7.47. The number of rotatable bonds is 1. The Kier molecular flexibility index (Phi) is 3.77. The van der Waals surface area contributed by atoms with E-state index in [9.17, 15) is 4.79 Å². The van der Waals surface area contributed by atoms with Crippen LogP contribution in [0.3, 0.4) is 0 Å². The number of para-hydroxylation sites is 1. The zero-order valence-corrected chi connectivity index (χ0v) is 10.7. The quantitative estimate of drug-likeness (QED) is 0.719. The van der Waals surface area contributed by atoms with Crippen molar-refractivity contribution in [2.24, 2.45) is 0 Å². The average Bonchev–Trinajstić information content (AvgIpc) is 2.46. The summed E-state index contributed by atoms with van der Waals surface area (Å²) < 4.78 is 0. The monoisotopic (exact) mass is 255 g/mol. The first-order valence-corrected chi connectivity index (χ1v) is 6.76. The molecular formula is C12H14ClNOS. The van der Waals surface area contributed by atoms with Crippen molar-refractivity contribution in [2.45, 2.75) is 23.5 Å². The highest BCUT2D eigenvalue weighted by Crippen LogP contribution is 2.37. The van der Waals surface area contributed by atoms with Crippen molar-refractivity contribution in [1.82, 2.24) is 0 Å². The van der Waals surface area contributed by atoms with Gasteiger partial charge in [-0.3, -0.25) is 4.79 Å². The largest absolute Gasteiger partial charge is 0.310 e. The smallest absolute Gasteiger partial charge is 0.241 e. The topological polar surface area (TPSA) is 20.3 Å². The number of amides is 1. The van der Waals surface area contributed by atoms with Crippen LogP contribution < -0.4 is 4.90 Å². The summed E-state index contributed by atoms with van der Waals surface area (Å²) in [6.07, 6.45) is 1.00. The van der Waals surface area contributed by atoms with Gasteiger partial charge in [0.05, 0.1) is 5.69 Å². The minimum atomic E-state index is -0.0104. The molecule has 0 saturated carbocycles. The van der Waals surface area contributed by atoms with E-state index in [4.69, 9.17) is 11.6 Å². The Bertz CT molecular complexity index is 396. The third-order valence-electron chi connectivity index (χ3n) is 2.66. The van der Waals surface area contributed by atoms with E-state index >= 15 is 0 Å². The fourth-order valence-electron chi connectivity index (χ4n) is 1.82. The van der Waals surface area contributed by atoms with Gasteiger partial charge in [0.25, 0.3) is 0 Å². The van der Waals surface area contributed by atoms with E-state index < -0.39 is 0 Å². The second-order valence-corrected chi connectivity index (χ2v) is 5.61. The highest BCUT2D eigenvalue weighted by molar-refractivity contribution is 8.00. The molecule has 1 unspecified atom stereocenters. The molecule has 2 nitrogen and oxygen atoms in total. The first-order chi connectivity index (χ1) is 7.72. The number of halogens is 1. The number of alkyl halides is 1. The van der Waals surface area contributed by atoms with Crippen molar-refractivity contribution in [1.29, 1.82) is 0 Å². The molecule has 2 rings (SSSR count). The second kappa shape index (κ2) is 5.11. The van der Waals surface area contributed by atoms with Crippen molar-refractivity contribution >= 4 is 35.0 Å². The molecule has 1 atom stereocenters. The fourth-order valence-corrected chi connectivity index (χ4v) is 3.08. The van der Waals surface area contributed by atoms with Gasteiger partial charge in [-0.05, 0) is 18.6 Å². The highest BCUT2D eigenvalue weighted by atomic mass is 35.5. The fraction of sp³-hybridized carbons (Fsp3) is 0.417. The molecule has 0 spiro atoms. The van der Waals surface area contributed by atoms with Crippen LogP contribution in [0.2, 0.25) is 0 Å². The number of anilines is 1. The van der Waals surface area contributed by atoms with Gasteiger partial charge < -0.3 is 4.90 Å². The first kappa shape index (κ1) is 11.8. The average molecular weight is 256 g/mol. The molecule has 0 N–H and O–H groups in total. The highest BCUT2D eigenvalue weighted by Gasteiger charge is 2.23. The van der Waals surface area contributed by atoms with Gasteiger partial charge in [-0.25, -0.2) is 0 Å². The SMILES string of the molecule is CC1CCN(C(=O)CCl)c2ccccc2S1. The standard InChI is InChI=1S/C12H14ClNOS/c1-9-6-7-14(12(15)8-13)10-4-2-3-5-11(10)16-9/h2-5,9H,6-8H2,1H3. The van der Waals surface area contributed by atoms with Crippen LogP contribution in [0.25, 0.3) is 0 Å². The summed E-state index contributed by atoms with van der Waals surface area (Å²) in [6.45, 7) is 2.95. The summed E-state index contributed by atoms with van der Waals surface area (Å²) in [5.74, 6) is 0.0386. The zero-order chi connectivity index (χ0) is 11.5. The maximum Gasteiger partial charge on any atom is 0.241 e. The maximum atomic E-state index is 11.8. The van der Waals surface area contributed by atoms with E-state index in [2.05, 4.69) is 13.0 Å². The second-order valence-electron chi connectivity index (χ2n) is 3.86. The maximum absolute atomic E-state index is 11.8. The molecule has 4 heteroatoms. The van der Waals surface area contributed by atoms with E-state index in [-0.39, 0.29) is 11.8 Å². The van der Waals surface area contributed by atoms with Gasteiger partial charge >= 0.3 is 0 Å². The van der Waals surface area contributed by atoms with Gasteiger partial charge in [-0.2, -0.15) is 0 Å². The van der Waals surface area contributed by atoms with Crippen molar-refractivity contribution in [3.05, 3.63) is 24.3 Å². The molecule has 86 valence electrons. The van der Waals surface area contributed by atoms with Gasteiger partial charge in [0, 0.05) is 16.7 Å². The minimum absolute atomic E-state index is 0.0104. The molecule has 1 aliphatic heterocycles. The molecule has 0 aliphatic carbocycles. The summed E-state index contributed by atoms with van der Waals surface area (Å²) in [4.78, 5) is 14.8. The Hall–Kier alpha value is -0.670. The third kappa shape index (κ3) is 2.36.